The Hall–Kier alpha value is -2.82. The molecule has 0 spiro atoms. The van der Waals surface area contributed by atoms with E-state index in [-0.39, 0.29) is 28.5 Å². The number of nitrogens with one attached hydrogen (secondary N) is 1. The summed E-state index contributed by atoms with van der Waals surface area (Å²) in [6.07, 6.45) is 7.26. The molecule has 3 aromatic heterocycles. The molecule has 0 saturated heterocycles. The summed E-state index contributed by atoms with van der Waals surface area (Å²) in [6.45, 7) is 13.9. The van der Waals surface area contributed by atoms with Crippen LogP contribution in [0, 0.1) is 6.92 Å². The van der Waals surface area contributed by atoms with Gasteiger partial charge in [-0.1, -0.05) is 27.2 Å². The Morgan fingerprint density at radius 3 is 2.65 bits per heavy atom. The molecule has 1 saturated carbocycles. The van der Waals surface area contributed by atoms with Gasteiger partial charge < -0.3 is 9.41 Å². The van der Waals surface area contributed by atoms with Crippen LogP contribution in [0.15, 0.2) is 39.9 Å². The number of amides is 1. The van der Waals surface area contributed by atoms with E-state index in [9.17, 15) is 9.59 Å². The predicted molar refractivity (Wildman–Crippen MR) is 164 cm³/mol. The molecule has 6 rings (SSSR count). The number of H-pyrrole nitrogens is 1. The standard InChI is InChI=1S/C30H36BrN5O3Si/c1-17-12-23-22(14-21(17)29(38)35-11-10-18-13-19(31)15-32-26(18)35)34-28(37)24-16-33-27(36(23)24)20-8-7-9-25(20)39-40(5,6)30(2,3)4/h12-16,20,25H,7-11H2,1-6H3,(H,34,37)/t20-,25+/m1/s1. The summed E-state index contributed by atoms with van der Waals surface area (Å²) in [7, 11) is -1.98. The second kappa shape index (κ2) is 9.63. The van der Waals surface area contributed by atoms with Gasteiger partial charge in [0.25, 0.3) is 11.5 Å². The second-order valence-electron chi connectivity index (χ2n) is 12.8. The first-order valence-electron chi connectivity index (χ1n) is 14.0. The summed E-state index contributed by atoms with van der Waals surface area (Å²) in [4.78, 5) is 41.0. The molecule has 0 radical (unpaired) electrons. The molecular formula is C30H36BrN5O3Si. The second-order valence-corrected chi connectivity index (χ2v) is 18.4. The first-order valence-corrected chi connectivity index (χ1v) is 17.7. The van der Waals surface area contributed by atoms with Crippen LogP contribution in [0.1, 0.15) is 73.3 Å². The zero-order chi connectivity index (χ0) is 28.6. The molecule has 2 aliphatic rings. The van der Waals surface area contributed by atoms with E-state index in [2.05, 4.69) is 59.8 Å². The van der Waals surface area contributed by atoms with Crippen molar-refractivity contribution in [3.8, 4) is 0 Å². The van der Waals surface area contributed by atoms with Crippen molar-refractivity contribution in [2.75, 3.05) is 11.4 Å². The van der Waals surface area contributed by atoms with Crippen LogP contribution in [-0.2, 0) is 10.8 Å². The molecule has 1 N–H and O–H groups in total. The number of carbonyl (C=O) groups excluding carboxylic acids is 1. The summed E-state index contributed by atoms with van der Waals surface area (Å²) < 4.78 is 9.80. The average Bonchev–Trinajstić information content (AvgIpc) is 3.61. The number of imidazole rings is 1. The fourth-order valence-electron chi connectivity index (χ4n) is 5.94. The molecule has 4 aromatic rings. The number of hydrogen-bond donors (Lipinski definition) is 1. The Balaban J connectivity index is 1.42. The van der Waals surface area contributed by atoms with Gasteiger partial charge in [-0.2, -0.15) is 0 Å². The summed E-state index contributed by atoms with van der Waals surface area (Å²) in [5, 5.41) is 0.112. The number of carbonyl (C=O) groups is 1. The van der Waals surface area contributed by atoms with E-state index in [1.54, 1.807) is 17.3 Å². The molecule has 40 heavy (non-hydrogen) atoms. The van der Waals surface area contributed by atoms with Crippen molar-refractivity contribution in [3.05, 3.63) is 67.9 Å². The molecule has 8 nitrogen and oxygen atoms in total. The van der Waals surface area contributed by atoms with Crippen LogP contribution in [0.2, 0.25) is 18.1 Å². The lowest BCUT2D eigenvalue weighted by atomic mass is 10.0. The van der Waals surface area contributed by atoms with Crippen molar-refractivity contribution in [1.82, 2.24) is 19.4 Å². The quantitative estimate of drug-likeness (QED) is 0.262. The summed E-state index contributed by atoms with van der Waals surface area (Å²) in [5.41, 5.74) is 4.21. The monoisotopic (exact) mass is 621 g/mol. The zero-order valence-corrected chi connectivity index (χ0v) is 26.6. The van der Waals surface area contributed by atoms with Crippen molar-refractivity contribution in [2.24, 2.45) is 0 Å². The van der Waals surface area contributed by atoms with Gasteiger partial charge in [-0.05, 0) is 89.6 Å². The third-order valence-corrected chi connectivity index (χ3v) is 14.1. The minimum absolute atomic E-state index is 0.0746. The minimum Gasteiger partial charge on any atom is -0.413 e. The number of aromatic amines is 1. The summed E-state index contributed by atoms with van der Waals surface area (Å²) in [6, 6.07) is 5.83. The lowest BCUT2D eigenvalue weighted by molar-refractivity contribution is 0.0988. The van der Waals surface area contributed by atoms with Gasteiger partial charge in [-0.25, -0.2) is 9.97 Å². The minimum atomic E-state index is -1.98. The SMILES string of the molecule is Cc1cc2c(cc1C(=O)N1CCc3cc(Br)cnc31)[nH]c(=O)c1cnc([C@@H]3CCC[C@@H]3O[Si](C)(C)C(C)(C)C)n12. The molecule has 1 aliphatic carbocycles. The number of aryl methyl sites for hydroxylation is 1. The number of halogens is 1. The van der Waals surface area contributed by atoms with Crippen LogP contribution in [0.4, 0.5) is 5.82 Å². The van der Waals surface area contributed by atoms with Crippen LogP contribution in [0.3, 0.4) is 0 Å². The first kappa shape index (κ1) is 27.4. The van der Waals surface area contributed by atoms with Gasteiger partial charge in [-0.15, -0.1) is 0 Å². The fourth-order valence-corrected chi connectivity index (χ4v) is 7.71. The molecule has 1 fully saturated rings. The maximum Gasteiger partial charge on any atom is 0.274 e. The van der Waals surface area contributed by atoms with Crippen LogP contribution in [0.25, 0.3) is 16.6 Å². The number of fused-ring (bicyclic) bond motifs is 4. The molecular weight excluding hydrogens is 586 g/mol. The number of pyridine rings is 1. The molecule has 0 unspecified atom stereocenters. The van der Waals surface area contributed by atoms with Crippen LogP contribution >= 0.6 is 15.9 Å². The predicted octanol–water partition coefficient (Wildman–Crippen LogP) is 6.50. The van der Waals surface area contributed by atoms with Gasteiger partial charge in [0.05, 0.1) is 23.3 Å². The van der Waals surface area contributed by atoms with E-state index in [0.29, 0.717) is 29.0 Å². The maximum atomic E-state index is 13.7. The summed E-state index contributed by atoms with van der Waals surface area (Å²) >= 11 is 3.47. The smallest absolute Gasteiger partial charge is 0.274 e. The van der Waals surface area contributed by atoms with Gasteiger partial charge in [0, 0.05) is 28.7 Å². The first-order chi connectivity index (χ1) is 18.9. The highest BCUT2D eigenvalue weighted by molar-refractivity contribution is 9.10. The molecule has 210 valence electrons. The molecule has 1 aromatic carbocycles. The van der Waals surface area contributed by atoms with E-state index >= 15 is 0 Å². The van der Waals surface area contributed by atoms with Crippen LogP contribution in [0.5, 0.6) is 0 Å². The van der Waals surface area contributed by atoms with E-state index in [4.69, 9.17) is 9.41 Å². The van der Waals surface area contributed by atoms with Crippen molar-refractivity contribution in [2.45, 2.75) is 83.5 Å². The van der Waals surface area contributed by atoms with E-state index in [0.717, 1.165) is 52.6 Å². The number of rotatable bonds is 4. The maximum absolute atomic E-state index is 13.7. The van der Waals surface area contributed by atoms with Crippen LogP contribution < -0.4 is 10.5 Å². The highest BCUT2D eigenvalue weighted by atomic mass is 79.9. The third-order valence-electron chi connectivity index (χ3n) is 9.14. The average molecular weight is 623 g/mol. The normalized spacial score (nSPS) is 19.6. The molecule has 1 aliphatic heterocycles. The number of anilines is 1. The molecule has 1 amide bonds. The highest BCUT2D eigenvalue weighted by Crippen LogP contribution is 2.44. The number of hydrogen-bond acceptors (Lipinski definition) is 5. The number of nitrogens with zero attached hydrogens (tertiary/aromatic N) is 4. The Labute approximate surface area is 243 Å². The van der Waals surface area contributed by atoms with Gasteiger partial charge in [0.2, 0.25) is 0 Å². The Bertz CT molecular complexity index is 1720. The summed E-state index contributed by atoms with van der Waals surface area (Å²) in [5.74, 6) is 1.56. The molecule has 2 atom stereocenters. The third kappa shape index (κ3) is 4.44. The van der Waals surface area contributed by atoms with Crippen molar-refractivity contribution < 1.29 is 9.22 Å². The molecule has 10 heteroatoms. The van der Waals surface area contributed by atoms with Gasteiger partial charge >= 0.3 is 0 Å². The van der Waals surface area contributed by atoms with E-state index < -0.39 is 8.32 Å². The largest absolute Gasteiger partial charge is 0.413 e. The molecule has 4 heterocycles. The Kier molecular flexibility index (Phi) is 6.59. The number of aromatic nitrogens is 4. The lowest BCUT2D eigenvalue weighted by Crippen LogP contribution is -2.44. The highest BCUT2D eigenvalue weighted by Gasteiger charge is 2.43. The van der Waals surface area contributed by atoms with Gasteiger partial charge in [0.15, 0.2) is 8.32 Å². The van der Waals surface area contributed by atoms with E-state index in [1.807, 2.05) is 29.5 Å². The zero-order valence-electron chi connectivity index (χ0n) is 24.0. The lowest BCUT2D eigenvalue weighted by Gasteiger charge is -2.39. The van der Waals surface area contributed by atoms with Crippen LogP contribution in [-0.4, -0.2) is 46.2 Å². The fraction of sp³-hybridized carbons (Fsp3) is 0.467. The molecule has 0 bridgehead atoms. The Morgan fingerprint density at radius 1 is 1.12 bits per heavy atom. The van der Waals surface area contributed by atoms with Crippen molar-refractivity contribution >= 4 is 52.5 Å². The van der Waals surface area contributed by atoms with Gasteiger partial charge in [0.1, 0.15) is 17.2 Å². The van der Waals surface area contributed by atoms with Crippen molar-refractivity contribution in [1.29, 1.82) is 0 Å². The van der Waals surface area contributed by atoms with Crippen molar-refractivity contribution in [3.63, 3.8) is 0 Å². The topological polar surface area (TPSA) is 92.6 Å². The Morgan fingerprint density at radius 2 is 1.90 bits per heavy atom. The van der Waals surface area contributed by atoms with E-state index in [1.165, 1.54) is 0 Å². The number of benzene rings is 1. The van der Waals surface area contributed by atoms with Gasteiger partial charge in [-0.3, -0.25) is 18.9 Å².